The van der Waals surface area contributed by atoms with Crippen LogP contribution in [0.3, 0.4) is 0 Å². The highest BCUT2D eigenvalue weighted by Crippen LogP contribution is 2.15. The molecule has 1 fully saturated rings. The van der Waals surface area contributed by atoms with Gasteiger partial charge in [0.2, 0.25) is 0 Å². The predicted octanol–water partition coefficient (Wildman–Crippen LogP) is 3.86. The number of methoxy groups -OCH3 is 1. The number of hydrogen-bond donors (Lipinski definition) is 0. The van der Waals surface area contributed by atoms with Crippen LogP contribution in [0.15, 0.2) is 12.2 Å². The second kappa shape index (κ2) is 11.3. The van der Waals surface area contributed by atoms with Crippen LogP contribution < -0.4 is 0 Å². The van der Waals surface area contributed by atoms with E-state index in [2.05, 4.69) is 11.7 Å². The van der Waals surface area contributed by atoms with Gasteiger partial charge in [-0.2, -0.15) is 0 Å². The molecule has 2 heteroatoms. The summed E-state index contributed by atoms with van der Waals surface area (Å²) in [5, 5.41) is 0. The lowest BCUT2D eigenvalue weighted by Crippen LogP contribution is -1.93. The van der Waals surface area contributed by atoms with E-state index in [1.54, 1.807) is 0 Å². The molecule has 0 saturated heterocycles. The molecule has 0 heterocycles. The van der Waals surface area contributed by atoms with Crippen molar-refractivity contribution >= 4 is 5.97 Å². The Morgan fingerprint density at radius 3 is 2.13 bits per heavy atom. The number of esters is 1. The van der Waals surface area contributed by atoms with Gasteiger partial charge in [0, 0.05) is 6.08 Å². The summed E-state index contributed by atoms with van der Waals surface area (Å²) in [5.74, 6) is -0.267. The van der Waals surface area contributed by atoms with E-state index in [0.717, 1.165) is 19.3 Å². The van der Waals surface area contributed by atoms with Crippen molar-refractivity contribution in [3.05, 3.63) is 12.2 Å². The standard InChI is InChI=1S/C8H14O2.C5H10/c1-3-4-5-6-7-8(9)10-2;1-2-4-5-3-1/h6-7H,3-5H2,1-2H3;1-5H2. The lowest BCUT2D eigenvalue weighted by Gasteiger charge is -1.89. The molecule has 0 aliphatic heterocycles. The van der Waals surface area contributed by atoms with Crippen LogP contribution in [-0.4, -0.2) is 13.1 Å². The van der Waals surface area contributed by atoms with E-state index in [1.165, 1.54) is 45.3 Å². The zero-order valence-corrected chi connectivity index (χ0v) is 10.1. The van der Waals surface area contributed by atoms with E-state index >= 15 is 0 Å². The molecule has 1 aliphatic carbocycles. The van der Waals surface area contributed by atoms with E-state index in [9.17, 15) is 4.79 Å². The SMILES string of the molecule is C1CCCC1.CCCCC=CC(=O)OC. The molecular weight excluding hydrogens is 188 g/mol. The van der Waals surface area contributed by atoms with E-state index in [0.29, 0.717) is 0 Å². The Bertz CT molecular complexity index is 162. The molecule has 0 atom stereocenters. The van der Waals surface area contributed by atoms with Crippen molar-refractivity contribution in [1.82, 2.24) is 0 Å². The van der Waals surface area contributed by atoms with E-state index < -0.39 is 0 Å². The second-order valence-corrected chi connectivity index (χ2v) is 3.84. The lowest BCUT2D eigenvalue weighted by molar-refractivity contribution is -0.134. The molecular formula is C13H24O2. The van der Waals surface area contributed by atoms with Crippen LogP contribution in [0.1, 0.15) is 58.3 Å². The summed E-state index contributed by atoms with van der Waals surface area (Å²) in [7, 11) is 1.38. The molecule has 88 valence electrons. The van der Waals surface area contributed by atoms with Gasteiger partial charge in [-0.15, -0.1) is 0 Å². The monoisotopic (exact) mass is 212 g/mol. The van der Waals surface area contributed by atoms with Crippen molar-refractivity contribution in [3.63, 3.8) is 0 Å². The number of unbranched alkanes of at least 4 members (excludes halogenated alkanes) is 2. The second-order valence-electron chi connectivity index (χ2n) is 3.84. The summed E-state index contributed by atoms with van der Waals surface area (Å²) in [6.45, 7) is 2.12. The molecule has 1 saturated carbocycles. The smallest absolute Gasteiger partial charge is 0.330 e. The summed E-state index contributed by atoms with van der Waals surface area (Å²) in [5.41, 5.74) is 0. The highest BCUT2D eigenvalue weighted by Gasteiger charge is 1.95. The molecule has 0 N–H and O–H groups in total. The summed E-state index contributed by atoms with van der Waals surface area (Å²) in [6, 6.07) is 0. The Morgan fingerprint density at radius 2 is 1.73 bits per heavy atom. The predicted molar refractivity (Wildman–Crippen MR) is 63.8 cm³/mol. The van der Waals surface area contributed by atoms with Crippen molar-refractivity contribution in [2.75, 3.05) is 7.11 Å². The highest BCUT2D eigenvalue weighted by molar-refractivity contribution is 5.81. The summed E-state index contributed by atoms with van der Waals surface area (Å²) in [4.78, 5) is 10.5. The number of rotatable bonds is 4. The number of allylic oxidation sites excluding steroid dienone is 1. The van der Waals surface area contributed by atoms with E-state index in [1.807, 2.05) is 6.08 Å². The van der Waals surface area contributed by atoms with Crippen LogP contribution in [0.5, 0.6) is 0 Å². The maximum atomic E-state index is 10.5. The first-order chi connectivity index (χ1) is 7.31. The van der Waals surface area contributed by atoms with E-state index in [-0.39, 0.29) is 5.97 Å². The van der Waals surface area contributed by atoms with Gasteiger partial charge in [0.05, 0.1) is 7.11 Å². The fourth-order valence-corrected chi connectivity index (χ4v) is 1.45. The fraction of sp³-hybridized carbons (Fsp3) is 0.769. The van der Waals surface area contributed by atoms with Crippen LogP contribution >= 0.6 is 0 Å². The molecule has 0 spiro atoms. The van der Waals surface area contributed by atoms with Crippen molar-refractivity contribution in [1.29, 1.82) is 0 Å². The molecule has 0 aromatic carbocycles. The van der Waals surface area contributed by atoms with Gasteiger partial charge in [-0.1, -0.05) is 57.9 Å². The van der Waals surface area contributed by atoms with Gasteiger partial charge in [-0.05, 0) is 6.42 Å². The van der Waals surface area contributed by atoms with Crippen LogP contribution in [0.25, 0.3) is 0 Å². The molecule has 0 amide bonds. The maximum absolute atomic E-state index is 10.5. The van der Waals surface area contributed by atoms with Crippen molar-refractivity contribution in [2.45, 2.75) is 58.3 Å². The largest absolute Gasteiger partial charge is 0.466 e. The van der Waals surface area contributed by atoms with Gasteiger partial charge in [0.25, 0.3) is 0 Å². The van der Waals surface area contributed by atoms with Crippen molar-refractivity contribution in [3.8, 4) is 0 Å². The summed E-state index contributed by atoms with van der Waals surface area (Å²) in [6.07, 6.45) is 14.1. The van der Waals surface area contributed by atoms with Crippen LogP contribution in [0.2, 0.25) is 0 Å². The zero-order chi connectivity index (χ0) is 11.4. The Morgan fingerprint density at radius 1 is 1.20 bits per heavy atom. The topological polar surface area (TPSA) is 26.3 Å². The Balaban J connectivity index is 0.000000322. The minimum absolute atomic E-state index is 0.267. The Kier molecular flexibility index (Phi) is 10.7. The molecule has 2 nitrogen and oxygen atoms in total. The minimum Gasteiger partial charge on any atom is -0.466 e. The number of ether oxygens (including phenoxy) is 1. The quantitative estimate of drug-likeness (QED) is 0.402. The highest BCUT2D eigenvalue weighted by atomic mass is 16.5. The Labute approximate surface area is 93.7 Å². The third-order valence-corrected chi connectivity index (χ3v) is 2.43. The lowest BCUT2D eigenvalue weighted by atomic mass is 10.2. The fourth-order valence-electron chi connectivity index (χ4n) is 1.45. The average molecular weight is 212 g/mol. The first kappa shape index (κ1) is 14.2. The molecule has 0 radical (unpaired) electrons. The number of carbonyl (C=O) groups excluding carboxylic acids is 1. The summed E-state index contributed by atoms with van der Waals surface area (Å²) >= 11 is 0. The first-order valence-electron chi connectivity index (χ1n) is 6.05. The first-order valence-corrected chi connectivity index (χ1v) is 6.05. The third-order valence-electron chi connectivity index (χ3n) is 2.43. The number of carbonyl (C=O) groups is 1. The maximum Gasteiger partial charge on any atom is 0.330 e. The van der Waals surface area contributed by atoms with E-state index in [4.69, 9.17) is 0 Å². The molecule has 1 aliphatic rings. The molecule has 0 aromatic rings. The van der Waals surface area contributed by atoms with Gasteiger partial charge in [0.1, 0.15) is 0 Å². The van der Waals surface area contributed by atoms with Crippen molar-refractivity contribution < 1.29 is 9.53 Å². The molecule has 0 bridgehead atoms. The molecule has 15 heavy (non-hydrogen) atoms. The minimum atomic E-state index is -0.267. The average Bonchev–Trinajstić information content (AvgIpc) is 2.82. The van der Waals surface area contributed by atoms with Crippen LogP contribution in [-0.2, 0) is 9.53 Å². The zero-order valence-electron chi connectivity index (χ0n) is 10.1. The van der Waals surface area contributed by atoms with Gasteiger partial charge in [-0.3, -0.25) is 0 Å². The van der Waals surface area contributed by atoms with Gasteiger partial charge >= 0.3 is 5.97 Å². The van der Waals surface area contributed by atoms with Gasteiger partial charge < -0.3 is 4.74 Å². The molecule has 0 unspecified atom stereocenters. The normalized spacial score (nSPS) is 14.8. The molecule has 1 rings (SSSR count). The Hall–Kier alpha value is -0.790. The van der Waals surface area contributed by atoms with Crippen LogP contribution in [0, 0.1) is 0 Å². The van der Waals surface area contributed by atoms with Gasteiger partial charge in [0.15, 0.2) is 0 Å². The van der Waals surface area contributed by atoms with Gasteiger partial charge in [-0.25, -0.2) is 4.79 Å². The van der Waals surface area contributed by atoms with Crippen LogP contribution in [0.4, 0.5) is 0 Å². The number of hydrogen-bond acceptors (Lipinski definition) is 2. The summed E-state index contributed by atoms with van der Waals surface area (Å²) < 4.78 is 4.40. The third kappa shape index (κ3) is 11.1. The molecule has 0 aromatic heterocycles. The van der Waals surface area contributed by atoms with Crippen molar-refractivity contribution in [2.24, 2.45) is 0 Å².